The van der Waals surface area contributed by atoms with Gasteiger partial charge in [-0.05, 0) is 50.1 Å². The van der Waals surface area contributed by atoms with Crippen molar-refractivity contribution in [3.8, 4) is 0 Å². The van der Waals surface area contributed by atoms with Crippen molar-refractivity contribution in [2.75, 3.05) is 25.6 Å². The van der Waals surface area contributed by atoms with Gasteiger partial charge in [0.2, 0.25) is 0 Å². The Kier molecular flexibility index (Phi) is 8.51. The Labute approximate surface area is 183 Å². The lowest BCUT2D eigenvalue weighted by atomic mass is 10.1. The fourth-order valence-corrected chi connectivity index (χ4v) is 3.59. The second-order valence-electron chi connectivity index (χ2n) is 6.31. The van der Waals surface area contributed by atoms with E-state index in [0.29, 0.717) is 21.7 Å². The number of esters is 3. The zero-order valence-corrected chi connectivity index (χ0v) is 18.5. The largest absolute Gasteiger partial charge is 0.465 e. The molecule has 0 saturated carbocycles. The summed E-state index contributed by atoms with van der Waals surface area (Å²) in [5.41, 5.74) is 2.09. The molecule has 9 heteroatoms. The maximum absolute atomic E-state index is 12.2. The van der Waals surface area contributed by atoms with Crippen molar-refractivity contribution in [2.45, 2.75) is 20.8 Å². The summed E-state index contributed by atoms with van der Waals surface area (Å²) in [5, 5.41) is 2.95. The minimum absolute atomic E-state index is 0.218. The summed E-state index contributed by atoms with van der Waals surface area (Å²) in [5.74, 6) is -2.26. The highest BCUT2D eigenvalue weighted by Gasteiger charge is 2.22. The van der Waals surface area contributed by atoms with Crippen LogP contribution < -0.4 is 5.32 Å². The topological polar surface area (TPSA) is 108 Å². The average Bonchev–Trinajstić information content (AvgIpc) is 3.03. The molecule has 0 aliphatic carbocycles. The normalized spacial score (nSPS) is 10.6. The Morgan fingerprint density at radius 1 is 1.03 bits per heavy atom. The number of nitrogens with one attached hydrogen (secondary N) is 1. The zero-order chi connectivity index (χ0) is 23.0. The van der Waals surface area contributed by atoms with Crippen LogP contribution >= 0.6 is 11.3 Å². The van der Waals surface area contributed by atoms with E-state index in [9.17, 15) is 19.2 Å². The molecule has 1 aromatic carbocycles. The fourth-order valence-electron chi connectivity index (χ4n) is 2.52. The lowest BCUT2D eigenvalue weighted by Crippen LogP contribution is -2.21. The first kappa shape index (κ1) is 23.8. The van der Waals surface area contributed by atoms with E-state index in [0.717, 1.165) is 10.4 Å². The van der Waals surface area contributed by atoms with Gasteiger partial charge in [0.25, 0.3) is 5.91 Å². The van der Waals surface area contributed by atoms with Gasteiger partial charge in [0, 0.05) is 11.0 Å². The monoisotopic (exact) mass is 445 g/mol. The molecule has 0 radical (unpaired) electrons. The number of rotatable bonds is 8. The number of hydrogen-bond donors (Lipinski definition) is 1. The van der Waals surface area contributed by atoms with Crippen molar-refractivity contribution in [1.29, 1.82) is 0 Å². The number of ether oxygens (including phenoxy) is 3. The van der Waals surface area contributed by atoms with Crippen LogP contribution in [0.5, 0.6) is 0 Å². The van der Waals surface area contributed by atoms with Crippen LogP contribution in [0.25, 0.3) is 6.08 Å². The standard InChI is InChI=1S/C22H23NO7S/c1-5-29-22(27)19-13(2)14(3)31-20(19)23-17(24)12-30-18(25)11-8-15-6-9-16(10-7-15)21(26)28-4/h6-11H,5,12H2,1-4H3,(H,23,24)/b11-8+. The fraction of sp³-hybridized carbons (Fsp3) is 0.273. The van der Waals surface area contributed by atoms with Gasteiger partial charge >= 0.3 is 17.9 Å². The number of hydrogen-bond acceptors (Lipinski definition) is 8. The summed E-state index contributed by atoms with van der Waals surface area (Å²) >= 11 is 1.25. The first-order chi connectivity index (χ1) is 14.8. The minimum atomic E-state index is -0.712. The molecule has 0 spiro atoms. The smallest absolute Gasteiger partial charge is 0.341 e. The number of benzene rings is 1. The zero-order valence-electron chi connectivity index (χ0n) is 17.6. The molecule has 0 bridgehead atoms. The minimum Gasteiger partial charge on any atom is -0.465 e. The van der Waals surface area contributed by atoms with Crippen molar-refractivity contribution in [3.63, 3.8) is 0 Å². The van der Waals surface area contributed by atoms with Gasteiger partial charge in [0.1, 0.15) is 5.00 Å². The second kappa shape index (κ2) is 11.1. The Hall–Kier alpha value is -3.46. The molecular weight excluding hydrogens is 422 g/mol. The first-order valence-electron chi connectivity index (χ1n) is 9.37. The van der Waals surface area contributed by atoms with E-state index in [-0.39, 0.29) is 6.61 Å². The summed E-state index contributed by atoms with van der Waals surface area (Å²) in [4.78, 5) is 48.5. The number of thiophene rings is 1. The number of anilines is 1. The van der Waals surface area contributed by atoms with E-state index >= 15 is 0 Å². The van der Waals surface area contributed by atoms with Crippen LogP contribution in [0.2, 0.25) is 0 Å². The quantitative estimate of drug-likeness (QED) is 0.376. The van der Waals surface area contributed by atoms with E-state index in [1.54, 1.807) is 38.1 Å². The molecule has 0 saturated heterocycles. The van der Waals surface area contributed by atoms with Crippen LogP contribution in [-0.4, -0.2) is 44.1 Å². The van der Waals surface area contributed by atoms with Gasteiger partial charge in [0.05, 0.1) is 24.8 Å². The molecule has 0 atom stereocenters. The van der Waals surface area contributed by atoms with Gasteiger partial charge in [0.15, 0.2) is 6.61 Å². The summed E-state index contributed by atoms with van der Waals surface area (Å²) in [6.45, 7) is 5.01. The summed E-state index contributed by atoms with van der Waals surface area (Å²) < 4.78 is 14.6. The summed E-state index contributed by atoms with van der Waals surface area (Å²) in [7, 11) is 1.29. The van der Waals surface area contributed by atoms with Gasteiger partial charge in [-0.1, -0.05) is 12.1 Å². The Morgan fingerprint density at radius 2 is 1.71 bits per heavy atom. The van der Waals surface area contributed by atoms with E-state index in [2.05, 4.69) is 10.1 Å². The van der Waals surface area contributed by atoms with Crippen molar-refractivity contribution in [1.82, 2.24) is 0 Å². The molecule has 1 aromatic heterocycles. The molecule has 2 rings (SSSR count). The van der Waals surface area contributed by atoms with Crippen LogP contribution in [0.3, 0.4) is 0 Å². The second-order valence-corrected chi connectivity index (χ2v) is 7.54. The third-order valence-corrected chi connectivity index (χ3v) is 5.33. The molecule has 0 aliphatic heterocycles. The van der Waals surface area contributed by atoms with E-state index in [4.69, 9.17) is 9.47 Å². The molecule has 1 N–H and O–H groups in total. The van der Waals surface area contributed by atoms with Crippen LogP contribution in [0.4, 0.5) is 5.00 Å². The predicted octanol–water partition coefficient (Wildman–Crippen LogP) is 3.52. The van der Waals surface area contributed by atoms with Crippen LogP contribution in [0.1, 0.15) is 43.6 Å². The summed E-state index contributed by atoms with van der Waals surface area (Å²) in [6.07, 6.45) is 2.66. The first-order valence-corrected chi connectivity index (χ1v) is 10.2. The molecule has 0 fully saturated rings. The Morgan fingerprint density at radius 3 is 2.32 bits per heavy atom. The molecule has 1 amide bonds. The van der Waals surface area contributed by atoms with Gasteiger partial charge in [-0.2, -0.15) is 0 Å². The number of methoxy groups -OCH3 is 1. The maximum Gasteiger partial charge on any atom is 0.341 e. The molecule has 8 nitrogen and oxygen atoms in total. The highest BCUT2D eigenvalue weighted by Crippen LogP contribution is 2.33. The molecule has 164 valence electrons. The number of aryl methyl sites for hydroxylation is 1. The Balaban J connectivity index is 1.92. The van der Waals surface area contributed by atoms with Gasteiger partial charge in [-0.3, -0.25) is 4.79 Å². The van der Waals surface area contributed by atoms with Crippen LogP contribution in [-0.2, 0) is 23.8 Å². The van der Waals surface area contributed by atoms with Crippen molar-refractivity contribution >= 4 is 46.2 Å². The molecule has 31 heavy (non-hydrogen) atoms. The van der Waals surface area contributed by atoms with Crippen molar-refractivity contribution in [3.05, 3.63) is 57.5 Å². The molecule has 0 aliphatic rings. The van der Waals surface area contributed by atoms with E-state index in [1.807, 2.05) is 6.92 Å². The van der Waals surface area contributed by atoms with Crippen LogP contribution in [0.15, 0.2) is 30.3 Å². The molecule has 0 unspecified atom stereocenters. The third-order valence-electron chi connectivity index (χ3n) is 4.21. The number of carbonyl (C=O) groups is 4. The maximum atomic E-state index is 12.2. The molecular formula is C22H23NO7S. The lowest BCUT2D eigenvalue weighted by Gasteiger charge is -2.07. The van der Waals surface area contributed by atoms with Crippen molar-refractivity contribution < 1.29 is 33.4 Å². The SMILES string of the molecule is CCOC(=O)c1c(NC(=O)COC(=O)/C=C/c2ccc(C(=O)OC)cc2)sc(C)c1C. The molecule has 1 heterocycles. The highest BCUT2D eigenvalue weighted by atomic mass is 32.1. The lowest BCUT2D eigenvalue weighted by molar-refractivity contribution is -0.142. The van der Waals surface area contributed by atoms with Gasteiger partial charge < -0.3 is 19.5 Å². The van der Waals surface area contributed by atoms with Gasteiger partial charge in [-0.15, -0.1) is 11.3 Å². The highest BCUT2D eigenvalue weighted by molar-refractivity contribution is 7.16. The molecule has 2 aromatic rings. The van der Waals surface area contributed by atoms with Crippen molar-refractivity contribution in [2.24, 2.45) is 0 Å². The third kappa shape index (κ3) is 6.51. The predicted molar refractivity (Wildman–Crippen MR) is 116 cm³/mol. The summed E-state index contributed by atoms with van der Waals surface area (Å²) in [6, 6.07) is 6.41. The Bertz CT molecular complexity index is 1010. The van der Waals surface area contributed by atoms with Crippen LogP contribution in [0, 0.1) is 13.8 Å². The van der Waals surface area contributed by atoms with Gasteiger partial charge in [-0.25, -0.2) is 14.4 Å². The van der Waals surface area contributed by atoms with E-state index < -0.39 is 30.4 Å². The number of amides is 1. The average molecular weight is 445 g/mol. The number of carbonyl (C=O) groups excluding carboxylic acids is 4. The van der Waals surface area contributed by atoms with E-state index in [1.165, 1.54) is 30.6 Å².